The molecule has 2 aliphatic heterocycles. The molecule has 1 aromatic rings. The van der Waals surface area contributed by atoms with E-state index in [0.29, 0.717) is 11.3 Å². The number of halogens is 1. The predicted octanol–water partition coefficient (Wildman–Crippen LogP) is 2.97. The largest absolute Gasteiger partial charge is 0.341 e. The molecule has 128 valence electrons. The van der Waals surface area contributed by atoms with Crippen LogP contribution >= 0.6 is 11.6 Å². The van der Waals surface area contributed by atoms with Gasteiger partial charge in [0, 0.05) is 32.0 Å². The van der Waals surface area contributed by atoms with Gasteiger partial charge in [-0.25, -0.2) is 0 Å². The Morgan fingerprint density at radius 1 is 1.09 bits per heavy atom. The third-order valence-electron chi connectivity index (χ3n) is 5.59. The first kappa shape index (κ1) is 16.7. The van der Waals surface area contributed by atoms with Crippen molar-refractivity contribution in [3.05, 3.63) is 11.6 Å². The number of alkyl halides is 1. The quantitative estimate of drug-likeness (QED) is 0.779. The normalized spacial score (nSPS) is 22.0. The summed E-state index contributed by atoms with van der Waals surface area (Å²) in [6.07, 6.45) is 5.48. The van der Waals surface area contributed by atoms with Crippen molar-refractivity contribution in [2.75, 3.05) is 13.1 Å². The molecule has 3 rings (SSSR count). The second-order valence-corrected chi connectivity index (χ2v) is 8.13. The van der Waals surface area contributed by atoms with E-state index in [0.717, 1.165) is 63.4 Å². The molecule has 3 heterocycles. The number of fused-ring (bicyclic) bond motifs is 1. The van der Waals surface area contributed by atoms with Crippen LogP contribution in [-0.4, -0.2) is 44.0 Å². The highest BCUT2D eigenvalue weighted by Gasteiger charge is 2.38. The van der Waals surface area contributed by atoms with Crippen LogP contribution in [0.15, 0.2) is 0 Å². The molecule has 5 nitrogen and oxygen atoms in total. The Labute approximate surface area is 143 Å². The fraction of sp³-hybridized carbons (Fsp3) is 0.824. The third kappa shape index (κ3) is 3.25. The van der Waals surface area contributed by atoms with Gasteiger partial charge in [0.25, 0.3) is 0 Å². The van der Waals surface area contributed by atoms with Gasteiger partial charge in [-0.05, 0) is 38.0 Å². The van der Waals surface area contributed by atoms with E-state index >= 15 is 0 Å². The number of aromatic nitrogens is 3. The number of carbonyl (C=O) groups excluding carboxylic acids is 1. The van der Waals surface area contributed by atoms with Crippen molar-refractivity contribution < 1.29 is 4.79 Å². The Morgan fingerprint density at radius 2 is 1.74 bits per heavy atom. The lowest BCUT2D eigenvalue weighted by Gasteiger charge is -2.41. The topological polar surface area (TPSA) is 51.0 Å². The number of carbonyl (C=O) groups is 1. The van der Waals surface area contributed by atoms with Crippen molar-refractivity contribution in [3.63, 3.8) is 0 Å². The molecule has 0 aliphatic carbocycles. The lowest BCUT2D eigenvalue weighted by Crippen LogP contribution is -2.45. The summed E-state index contributed by atoms with van der Waals surface area (Å²) >= 11 is 5.95. The summed E-state index contributed by atoms with van der Waals surface area (Å²) in [5.74, 6) is 2.74. The number of hydrogen-bond donors (Lipinski definition) is 0. The van der Waals surface area contributed by atoms with Crippen LogP contribution in [0.2, 0.25) is 0 Å². The number of likely N-dealkylation sites (tertiary alicyclic amines) is 1. The van der Waals surface area contributed by atoms with Crippen molar-refractivity contribution in [1.82, 2.24) is 19.7 Å². The van der Waals surface area contributed by atoms with Crippen molar-refractivity contribution in [1.29, 1.82) is 0 Å². The van der Waals surface area contributed by atoms with Crippen molar-refractivity contribution in [2.45, 2.75) is 70.7 Å². The van der Waals surface area contributed by atoms with E-state index in [4.69, 9.17) is 11.6 Å². The third-order valence-corrected chi connectivity index (χ3v) is 5.78. The van der Waals surface area contributed by atoms with E-state index in [1.54, 1.807) is 6.92 Å². The Kier molecular flexibility index (Phi) is 4.68. The molecule has 1 spiro atoms. The van der Waals surface area contributed by atoms with Gasteiger partial charge < -0.3 is 9.47 Å². The number of rotatable bonds is 2. The highest BCUT2D eigenvalue weighted by Crippen LogP contribution is 2.42. The molecule has 1 aromatic heterocycles. The van der Waals surface area contributed by atoms with Crippen LogP contribution < -0.4 is 0 Å². The Morgan fingerprint density at radius 3 is 2.35 bits per heavy atom. The highest BCUT2D eigenvalue weighted by molar-refractivity contribution is 6.30. The summed E-state index contributed by atoms with van der Waals surface area (Å²) in [6, 6.07) is 0. The van der Waals surface area contributed by atoms with Crippen LogP contribution in [0.4, 0.5) is 0 Å². The summed E-state index contributed by atoms with van der Waals surface area (Å²) in [5.41, 5.74) is 0.348. The maximum Gasteiger partial charge on any atom is 0.240 e. The van der Waals surface area contributed by atoms with Gasteiger partial charge in [0.15, 0.2) is 0 Å². The van der Waals surface area contributed by atoms with Crippen LogP contribution in [0.5, 0.6) is 0 Å². The summed E-state index contributed by atoms with van der Waals surface area (Å²) in [4.78, 5) is 14.0. The Hall–Kier alpha value is -1.10. The average molecular weight is 339 g/mol. The minimum Gasteiger partial charge on any atom is -0.341 e. The van der Waals surface area contributed by atoms with E-state index in [9.17, 15) is 4.79 Å². The maximum absolute atomic E-state index is 12.1. The molecule has 0 bridgehead atoms. The Bertz CT molecular complexity index is 573. The molecule has 1 fully saturated rings. The fourth-order valence-corrected chi connectivity index (χ4v) is 4.15. The van der Waals surface area contributed by atoms with Crippen LogP contribution in [-0.2, 0) is 17.8 Å². The maximum atomic E-state index is 12.1. The highest BCUT2D eigenvalue weighted by atomic mass is 35.5. The van der Waals surface area contributed by atoms with E-state index in [-0.39, 0.29) is 5.91 Å². The molecule has 1 saturated heterocycles. The van der Waals surface area contributed by atoms with Gasteiger partial charge in [0.2, 0.25) is 5.91 Å². The fourth-order valence-electron chi connectivity index (χ4n) is 4.01. The SMILES string of the molecule is CC(Cl)C(=O)N1CCC2(CCc3nnc(C(C)C)n3CC2)CC1. The zero-order valence-electron chi connectivity index (χ0n) is 14.4. The molecule has 0 saturated carbocycles. The summed E-state index contributed by atoms with van der Waals surface area (Å²) in [5, 5.41) is 8.37. The molecule has 1 atom stereocenters. The summed E-state index contributed by atoms with van der Waals surface area (Å²) < 4.78 is 2.33. The zero-order valence-corrected chi connectivity index (χ0v) is 15.1. The lowest BCUT2D eigenvalue weighted by molar-refractivity contribution is -0.133. The molecule has 2 aliphatic rings. The average Bonchev–Trinajstić information content (AvgIpc) is 2.87. The number of hydrogen-bond acceptors (Lipinski definition) is 3. The molecule has 1 unspecified atom stereocenters. The first-order chi connectivity index (χ1) is 10.9. The first-order valence-corrected chi connectivity index (χ1v) is 9.20. The minimum absolute atomic E-state index is 0.0781. The van der Waals surface area contributed by atoms with Gasteiger partial charge in [-0.1, -0.05) is 13.8 Å². The van der Waals surface area contributed by atoms with Gasteiger partial charge >= 0.3 is 0 Å². The first-order valence-electron chi connectivity index (χ1n) is 8.77. The Balaban J connectivity index is 1.67. The van der Waals surface area contributed by atoms with Crippen LogP contribution in [0.3, 0.4) is 0 Å². The van der Waals surface area contributed by atoms with E-state index in [1.165, 1.54) is 0 Å². The van der Waals surface area contributed by atoms with Crippen molar-refractivity contribution in [2.24, 2.45) is 5.41 Å². The van der Waals surface area contributed by atoms with Crippen LogP contribution in [0, 0.1) is 5.41 Å². The molecule has 0 radical (unpaired) electrons. The van der Waals surface area contributed by atoms with E-state index in [1.807, 2.05) is 4.90 Å². The molecule has 0 aromatic carbocycles. The molecular weight excluding hydrogens is 312 g/mol. The number of aryl methyl sites for hydroxylation is 1. The molecule has 0 N–H and O–H groups in total. The molecule has 6 heteroatoms. The van der Waals surface area contributed by atoms with Gasteiger partial charge in [-0.2, -0.15) is 0 Å². The van der Waals surface area contributed by atoms with Crippen molar-refractivity contribution >= 4 is 17.5 Å². The number of piperidine rings is 1. The predicted molar refractivity (Wildman–Crippen MR) is 90.6 cm³/mol. The second-order valence-electron chi connectivity index (χ2n) is 7.47. The monoisotopic (exact) mass is 338 g/mol. The van der Waals surface area contributed by atoms with Crippen molar-refractivity contribution in [3.8, 4) is 0 Å². The van der Waals surface area contributed by atoms with E-state index < -0.39 is 5.38 Å². The molecule has 1 amide bonds. The van der Waals surface area contributed by atoms with Crippen LogP contribution in [0.1, 0.15) is 64.0 Å². The number of amides is 1. The van der Waals surface area contributed by atoms with E-state index in [2.05, 4.69) is 28.6 Å². The van der Waals surface area contributed by atoms with Gasteiger partial charge in [-0.3, -0.25) is 4.79 Å². The summed E-state index contributed by atoms with van der Waals surface area (Å²) in [6.45, 7) is 8.81. The van der Waals surface area contributed by atoms with Gasteiger partial charge in [-0.15, -0.1) is 21.8 Å². The van der Waals surface area contributed by atoms with Gasteiger partial charge in [0.1, 0.15) is 17.0 Å². The summed E-state index contributed by atoms with van der Waals surface area (Å²) in [7, 11) is 0. The lowest BCUT2D eigenvalue weighted by atomic mass is 9.72. The van der Waals surface area contributed by atoms with Crippen LogP contribution in [0.25, 0.3) is 0 Å². The molecule has 23 heavy (non-hydrogen) atoms. The number of nitrogens with zero attached hydrogens (tertiary/aromatic N) is 4. The van der Waals surface area contributed by atoms with Gasteiger partial charge in [0.05, 0.1) is 0 Å². The smallest absolute Gasteiger partial charge is 0.240 e. The zero-order chi connectivity index (χ0) is 16.6. The standard InChI is InChI=1S/C17H27ClN4O/c1-12(2)15-20-19-14-4-5-17(8-11-22(14)15)6-9-21(10-7-17)16(23)13(3)18/h12-13H,4-11H2,1-3H3. The molecular formula is C17H27ClN4O. The second kappa shape index (κ2) is 6.42. The minimum atomic E-state index is -0.414.